The molecule has 0 saturated carbocycles. The number of nitrogens with zero attached hydrogens (tertiary/aromatic N) is 2. The minimum atomic E-state index is -0.351. The Morgan fingerprint density at radius 1 is 1.19 bits per heavy atom. The van der Waals surface area contributed by atoms with Crippen LogP contribution in [-0.2, 0) is 11.3 Å². The molecule has 2 aromatic heterocycles. The molecule has 1 aliphatic rings. The maximum absolute atomic E-state index is 13.3. The van der Waals surface area contributed by atoms with Gasteiger partial charge in [-0.3, -0.25) is 14.2 Å². The number of aromatic nitrogens is 2. The molecule has 1 N–H and O–H groups in total. The fraction of sp³-hybridized carbons (Fsp3) is 0.174. The van der Waals surface area contributed by atoms with E-state index in [4.69, 9.17) is 9.47 Å². The van der Waals surface area contributed by atoms with E-state index in [1.54, 1.807) is 12.1 Å². The second-order valence-corrected chi connectivity index (χ2v) is 8.17. The van der Waals surface area contributed by atoms with Crippen LogP contribution in [0.4, 0.5) is 4.39 Å². The highest BCUT2D eigenvalue weighted by Gasteiger charge is 2.21. The third-order valence-electron chi connectivity index (χ3n) is 5.12. The van der Waals surface area contributed by atoms with Crippen LogP contribution < -0.4 is 20.3 Å². The number of rotatable bonds is 5. The first-order valence-electron chi connectivity index (χ1n) is 9.96. The van der Waals surface area contributed by atoms with Crippen LogP contribution in [0, 0.1) is 5.82 Å². The molecule has 7 nitrogen and oxygen atoms in total. The van der Waals surface area contributed by atoms with Gasteiger partial charge in [-0.25, -0.2) is 9.37 Å². The van der Waals surface area contributed by atoms with Gasteiger partial charge >= 0.3 is 0 Å². The fourth-order valence-electron chi connectivity index (χ4n) is 3.52. The van der Waals surface area contributed by atoms with Crippen molar-refractivity contribution in [2.75, 3.05) is 13.2 Å². The predicted octanol–water partition coefficient (Wildman–Crippen LogP) is 3.22. The molecule has 2 aromatic carbocycles. The van der Waals surface area contributed by atoms with E-state index >= 15 is 0 Å². The van der Waals surface area contributed by atoms with Gasteiger partial charge in [0, 0.05) is 10.9 Å². The normalized spacial score (nSPS) is 15.0. The molecule has 1 aliphatic heterocycles. The van der Waals surface area contributed by atoms with Gasteiger partial charge in [-0.2, -0.15) is 0 Å². The Labute approximate surface area is 186 Å². The standard InChI is InChI=1S/C23H18FN3O4S/c24-15-7-5-14(6-8-15)17-12-32-22-21(17)23(29)27(13-26-22)10-20(28)25-9-16-11-30-18-3-1-2-4-19(18)31-16/h1-8,12-13,16H,9-11H2,(H,25,28). The Morgan fingerprint density at radius 3 is 2.78 bits per heavy atom. The van der Waals surface area contributed by atoms with Crippen LogP contribution in [0.1, 0.15) is 0 Å². The molecule has 0 aliphatic carbocycles. The lowest BCUT2D eigenvalue weighted by Crippen LogP contribution is -2.42. The summed E-state index contributed by atoms with van der Waals surface area (Å²) < 4.78 is 26.0. The molecule has 5 rings (SSSR count). The first-order chi connectivity index (χ1) is 15.6. The van der Waals surface area contributed by atoms with Gasteiger partial charge in [0.1, 0.15) is 29.9 Å². The number of carbonyl (C=O) groups is 1. The molecule has 162 valence electrons. The van der Waals surface area contributed by atoms with Gasteiger partial charge in [0.05, 0.1) is 18.3 Å². The Balaban J connectivity index is 1.29. The van der Waals surface area contributed by atoms with Gasteiger partial charge in [0.15, 0.2) is 11.5 Å². The number of para-hydroxylation sites is 2. The zero-order valence-corrected chi connectivity index (χ0v) is 17.6. The van der Waals surface area contributed by atoms with E-state index in [1.807, 2.05) is 29.6 Å². The average molecular weight is 451 g/mol. The summed E-state index contributed by atoms with van der Waals surface area (Å²) in [5.41, 5.74) is 1.06. The molecular formula is C23H18FN3O4S. The molecule has 9 heteroatoms. The smallest absolute Gasteiger partial charge is 0.263 e. The van der Waals surface area contributed by atoms with Crippen molar-refractivity contribution in [1.29, 1.82) is 0 Å². The second-order valence-electron chi connectivity index (χ2n) is 7.32. The quantitative estimate of drug-likeness (QED) is 0.504. The summed E-state index contributed by atoms with van der Waals surface area (Å²) in [6.07, 6.45) is 1.04. The number of nitrogens with one attached hydrogen (secondary N) is 1. The molecule has 0 bridgehead atoms. The molecule has 1 unspecified atom stereocenters. The lowest BCUT2D eigenvalue weighted by molar-refractivity contribution is -0.122. The zero-order valence-electron chi connectivity index (χ0n) is 16.8. The number of thiophene rings is 1. The average Bonchev–Trinajstić information content (AvgIpc) is 3.25. The van der Waals surface area contributed by atoms with Crippen molar-refractivity contribution in [3.05, 3.63) is 76.4 Å². The molecule has 32 heavy (non-hydrogen) atoms. The molecule has 1 amide bonds. The summed E-state index contributed by atoms with van der Waals surface area (Å²) in [5, 5.41) is 5.01. The maximum Gasteiger partial charge on any atom is 0.263 e. The van der Waals surface area contributed by atoms with Gasteiger partial charge in [-0.05, 0) is 29.8 Å². The first kappa shape index (κ1) is 20.2. The third-order valence-corrected chi connectivity index (χ3v) is 6.01. The number of carbonyl (C=O) groups excluding carboxylic acids is 1. The number of hydrogen-bond acceptors (Lipinski definition) is 6. The SMILES string of the molecule is O=C(Cn1cnc2scc(-c3ccc(F)cc3)c2c1=O)NCC1COc2ccccc2O1. The molecule has 1 atom stereocenters. The summed E-state index contributed by atoms with van der Waals surface area (Å²) in [4.78, 5) is 30.4. The van der Waals surface area contributed by atoms with Crippen molar-refractivity contribution >= 4 is 27.5 Å². The molecular weight excluding hydrogens is 433 g/mol. The lowest BCUT2D eigenvalue weighted by Gasteiger charge is -2.26. The van der Waals surface area contributed by atoms with Gasteiger partial charge in [-0.1, -0.05) is 24.3 Å². The number of hydrogen-bond donors (Lipinski definition) is 1. The van der Waals surface area contributed by atoms with Crippen LogP contribution in [-0.4, -0.2) is 34.7 Å². The third kappa shape index (κ3) is 3.94. The number of halogens is 1. The monoisotopic (exact) mass is 451 g/mol. The molecule has 0 fully saturated rings. The van der Waals surface area contributed by atoms with Gasteiger partial charge < -0.3 is 14.8 Å². The Kier molecular flexibility index (Phi) is 5.32. The molecule has 3 heterocycles. The summed E-state index contributed by atoms with van der Waals surface area (Å²) in [5.74, 6) is 0.619. The first-order valence-corrected chi connectivity index (χ1v) is 10.8. The van der Waals surface area contributed by atoms with Crippen LogP contribution in [0.5, 0.6) is 11.5 Å². The van der Waals surface area contributed by atoms with E-state index in [1.165, 1.54) is 34.4 Å². The van der Waals surface area contributed by atoms with Gasteiger partial charge in [0.2, 0.25) is 5.91 Å². The van der Waals surface area contributed by atoms with Crippen LogP contribution in [0.2, 0.25) is 0 Å². The fourth-order valence-corrected chi connectivity index (χ4v) is 4.43. The maximum atomic E-state index is 13.3. The Hall–Kier alpha value is -3.72. The highest BCUT2D eigenvalue weighted by molar-refractivity contribution is 7.17. The van der Waals surface area contributed by atoms with Crippen molar-refractivity contribution < 1.29 is 18.7 Å². The van der Waals surface area contributed by atoms with E-state index in [9.17, 15) is 14.0 Å². The van der Waals surface area contributed by atoms with Crippen molar-refractivity contribution in [3.8, 4) is 22.6 Å². The largest absolute Gasteiger partial charge is 0.486 e. The van der Waals surface area contributed by atoms with Crippen molar-refractivity contribution in [1.82, 2.24) is 14.9 Å². The van der Waals surface area contributed by atoms with Crippen LogP contribution in [0.3, 0.4) is 0 Å². The number of fused-ring (bicyclic) bond motifs is 2. The second kappa shape index (κ2) is 8.43. The minimum Gasteiger partial charge on any atom is -0.486 e. The van der Waals surface area contributed by atoms with Gasteiger partial charge in [0.25, 0.3) is 5.56 Å². The Bertz CT molecular complexity index is 1350. The highest BCUT2D eigenvalue weighted by atomic mass is 32.1. The van der Waals surface area contributed by atoms with E-state index in [0.717, 1.165) is 0 Å². The van der Waals surface area contributed by atoms with Crippen molar-refractivity contribution in [3.63, 3.8) is 0 Å². The van der Waals surface area contributed by atoms with E-state index < -0.39 is 0 Å². The molecule has 0 saturated heterocycles. The summed E-state index contributed by atoms with van der Waals surface area (Å²) in [7, 11) is 0. The van der Waals surface area contributed by atoms with Crippen molar-refractivity contribution in [2.24, 2.45) is 0 Å². The molecule has 0 radical (unpaired) electrons. The van der Waals surface area contributed by atoms with E-state index in [0.29, 0.717) is 39.4 Å². The molecule has 4 aromatic rings. The number of amides is 1. The van der Waals surface area contributed by atoms with E-state index in [-0.39, 0.29) is 36.5 Å². The number of benzene rings is 2. The van der Waals surface area contributed by atoms with Gasteiger partial charge in [-0.15, -0.1) is 11.3 Å². The topological polar surface area (TPSA) is 82.5 Å². The summed E-state index contributed by atoms with van der Waals surface area (Å²) >= 11 is 1.33. The van der Waals surface area contributed by atoms with Crippen LogP contribution in [0.25, 0.3) is 21.3 Å². The lowest BCUT2D eigenvalue weighted by atomic mass is 10.1. The zero-order chi connectivity index (χ0) is 22.1. The predicted molar refractivity (Wildman–Crippen MR) is 119 cm³/mol. The van der Waals surface area contributed by atoms with Crippen LogP contribution in [0.15, 0.2) is 65.0 Å². The van der Waals surface area contributed by atoms with Crippen LogP contribution >= 0.6 is 11.3 Å². The summed E-state index contributed by atoms with van der Waals surface area (Å²) in [6, 6.07) is 13.3. The highest BCUT2D eigenvalue weighted by Crippen LogP contribution is 2.31. The summed E-state index contributed by atoms with van der Waals surface area (Å²) in [6.45, 7) is 0.391. The molecule has 0 spiro atoms. The van der Waals surface area contributed by atoms with E-state index in [2.05, 4.69) is 10.3 Å². The minimum absolute atomic E-state index is 0.176. The number of ether oxygens (including phenoxy) is 2. The van der Waals surface area contributed by atoms with Crippen molar-refractivity contribution in [2.45, 2.75) is 12.6 Å². The Morgan fingerprint density at radius 2 is 1.97 bits per heavy atom.